The number of aromatic nitrogens is 2. The SMILES string of the molecule is c1ccc(-c2ccc(-n3cnc4ccccc43)cc2)cc1. The van der Waals surface area contributed by atoms with Crippen molar-refractivity contribution in [2.75, 3.05) is 0 Å². The average molecular weight is 270 g/mol. The number of nitrogens with zero attached hydrogens (tertiary/aromatic N) is 2. The van der Waals surface area contributed by atoms with Gasteiger partial charge in [-0.05, 0) is 35.4 Å². The Balaban J connectivity index is 1.77. The van der Waals surface area contributed by atoms with E-state index in [0.29, 0.717) is 0 Å². The number of para-hydroxylation sites is 2. The minimum atomic E-state index is 1.02. The van der Waals surface area contributed by atoms with E-state index in [-0.39, 0.29) is 0 Å². The first-order chi connectivity index (χ1) is 10.4. The Hall–Kier alpha value is -2.87. The Morgan fingerprint density at radius 1 is 0.619 bits per heavy atom. The number of hydrogen-bond acceptors (Lipinski definition) is 1. The molecule has 0 fully saturated rings. The molecule has 21 heavy (non-hydrogen) atoms. The first-order valence-corrected chi connectivity index (χ1v) is 7.00. The molecule has 0 spiro atoms. The average Bonchev–Trinajstić information content (AvgIpc) is 3.00. The van der Waals surface area contributed by atoms with E-state index in [1.807, 2.05) is 30.6 Å². The quantitative estimate of drug-likeness (QED) is 0.516. The molecule has 0 aliphatic carbocycles. The molecule has 0 amide bonds. The highest BCUT2D eigenvalue weighted by atomic mass is 15.0. The van der Waals surface area contributed by atoms with Crippen molar-refractivity contribution in [1.29, 1.82) is 0 Å². The molecular weight excluding hydrogens is 256 g/mol. The number of hydrogen-bond donors (Lipinski definition) is 0. The van der Waals surface area contributed by atoms with E-state index >= 15 is 0 Å². The van der Waals surface area contributed by atoms with E-state index in [9.17, 15) is 0 Å². The zero-order valence-electron chi connectivity index (χ0n) is 11.5. The van der Waals surface area contributed by atoms with Crippen molar-refractivity contribution in [3.63, 3.8) is 0 Å². The van der Waals surface area contributed by atoms with Crippen molar-refractivity contribution in [2.24, 2.45) is 0 Å². The van der Waals surface area contributed by atoms with Crippen LogP contribution >= 0.6 is 0 Å². The monoisotopic (exact) mass is 270 g/mol. The van der Waals surface area contributed by atoms with Crippen LogP contribution < -0.4 is 0 Å². The third-order valence-corrected chi connectivity index (χ3v) is 3.71. The van der Waals surface area contributed by atoms with Gasteiger partial charge in [0.2, 0.25) is 0 Å². The van der Waals surface area contributed by atoms with Gasteiger partial charge in [0.15, 0.2) is 0 Å². The highest BCUT2D eigenvalue weighted by molar-refractivity contribution is 5.77. The van der Waals surface area contributed by atoms with Crippen LogP contribution in [0.2, 0.25) is 0 Å². The normalized spacial score (nSPS) is 10.9. The Bertz CT molecular complexity index is 874. The maximum Gasteiger partial charge on any atom is 0.100 e. The van der Waals surface area contributed by atoms with E-state index < -0.39 is 0 Å². The van der Waals surface area contributed by atoms with E-state index in [2.05, 4.69) is 64.1 Å². The predicted octanol–water partition coefficient (Wildman–Crippen LogP) is 4.69. The van der Waals surface area contributed by atoms with Gasteiger partial charge in [0.05, 0.1) is 11.0 Å². The maximum absolute atomic E-state index is 4.44. The van der Waals surface area contributed by atoms with Crippen LogP contribution in [0.15, 0.2) is 85.2 Å². The van der Waals surface area contributed by atoms with Gasteiger partial charge in [0.1, 0.15) is 6.33 Å². The van der Waals surface area contributed by atoms with Crippen molar-refractivity contribution in [2.45, 2.75) is 0 Å². The molecule has 0 atom stereocenters. The van der Waals surface area contributed by atoms with Gasteiger partial charge in [-0.1, -0.05) is 54.6 Å². The number of fused-ring (bicyclic) bond motifs is 1. The second kappa shape index (κ2) is 4.91. The fraction of sp³-hybridized carbons (Fsp3) is 0. The number of benzene rings is 3. The smallest absolute Gasteiger partial charge is 0.100 e. The predicted molar refractivity (Wildman–Crippen MR) is 86.5 cm³/mol. The standard InChI is InChI=1S/C19H14N2/c1-2-6-15(7-3-1)16-10-12-17(13-11-16)21-14-20-18-8-4-5-9-19(18)21/h1-14H. The second-order valence-electron chi connectivity index (χ2n) is 5.02. The lowest BCUT2D eigenvalue weighted by molar-refractivity contribution is 1.09. The van der Waals surface area contributed by atoms with E-state index in [1.165, 1.54) is 11.1 Å². The van der Waals surface area contributed by atoms with Crippen LogP contribution in [-0.4, -0.2) is 9.55 Å². The van der Waals surface area contributed by atoms with Gasteiger partial charge < -0.3 is 0 Å². The van der Waals surface area contributed by atoms with Crippen LogP contribution in [0.25, 0.3) is 27.8 Å². The lowest BCUT2D eigenvalue weighted by Gasteiger charge is -2.06. The largest absolute Gasteiger partial charge is 0.299 e. The zero-order chi connectivity index (χ0) is 14.1. The Labute approximate surface area is 123 Å². The fourth-order valence-corrected chi connectivity index (χ4v) is 2.61. The van der Waals surface area contributed by atoms with Crippen molar-refractivity contribution >= 4 is 11.0 Å². The van der Waals surface area contributed by atoms with Gasteiger partial charge in [-0.25, -0.2) is 4.98 Å². The van der Waals surface area contributed by atoms with Crippen molar-refractivity contribution < 1.29 is 0 Å². The summed E-state index contributed by atoms with van der Waals surface area (Å²) in [5.74, 6) is 0. The molecular formula is C19H14N2. The Morgan fingerprint density at radius 2 is 1.29 bits per heavy atom. The molecule has 0 saturated heterocycles. The van der Waals surface area contributed by atoms with Gasteiger partial charge in [-0.2, -0.15) is 0 Å². The minimum absolute atomic E-state index is 1.02. The number of imidazole rings is 1. The molecule has 1 aromatic heterocycles. The summed E-state index contributed by atoms with van der Waals surface area (Å²) in [5, 5.41) is 0. The molecule has 100 valence electrons. The summed E-state index contributed by atoms with van der Waals surface area (Å²) in [6.45, 7) is 0. The first-order valence-electron chi connectivity index (χ1n) is 7.00. The van der Waals surface area contributed by atoms with Crippen molar-refractivity contribution in [1.82, 2.24) is 9.55 Å². The maximum atomic E-state index is 4.44. The molecule has 4 rings (SSSR count). The van der Waals surface area contributed by atoms with Crippen LogP contribution in [0.4, 0.5) is 0 Å². The summed E-state index contributed by atoms with van der Waals surface area (Å²) in [6.07, 6.45) is 1.88. The fourth-order valence-electron chi connectivity index (χ4n) is 2.61. The molecule has 0 unspecified atom stereocenters. The topological polar surface area (TPSA) is 17.8 Å². The molecule has 1 heterocycles. The van der Waals surface area contributed by atoms with E-state index in [0.717, 1.165) is 16.7 Å². The van der Waals surface area contributed by atoms with Crippen molar-refractivity contribution in [3.8, 4) is 16.8 Å². The van der Waals surface area contributed by atoms with Crippen LogP contribution in [0, 0.1) is 0 Å². The van der Waals surface area contributed by atoms with Gasteiger partial charge in [0, 0.05) is 5.69 Å². The van der Waals surface area contributed by atoms with Gasteiger partial charge >= 0.3 is 0 Å². The molecule has 0 aliphatic rings. The molecule has 0 radical (unpaired) electrons. The summed E-state index contributed by atoms with van der Waals surface area (Å²) < 4.78 is 2.12. The van der Waals surface area contributed by atoms with Crippen LogP contribution in [0.3, 0.4) is 0 Å². The molecule has 2 nitrogen and oxygen atoms in total. The van der Waals surface area contributed by atoms with Crippen LogP contribution in [-0.2, 0) is 0 Å². The lowest BCUT2D eigenvalue weighted by Crippen LogP contribution is -1.91. The Kier molecular flexibility index (Phi) is 2.79. The third-order valence-electron chi connectivity index (χ3n) is 3.71. The first kappa shape index (κ1) is 11.9. The van der Waals surface area contributed by atoms with Gasteiger partial charge in [-0.3, -0.25) is 4.57 Å². The van der Waals surface area contributed by atoms with Crippen LogP contribution in [0.5, 0.6) is 0 Å². The summed E-state index contributed by atoms with van der Waals surface area (Å²) in [4.78, 5) is 4.44. The summed E-state index contributed by atoms with van der Waals surface area (Å²) in [6, 6.07) is 27.2. The van der Waals surface area contributed by atoms with Gasteiger partial charge in [0.25, 0.3) is 0 Å². The molecule has 0 saturated carbocycles. The van der Waals surface area contributed by atoms with E-state index in [1.54, 1.807) is 0 Å². The summed E-state index contributed by atoms with van der Waals surface area (Å²) in [7, 11) is 0. The molecule has 0 aliphatic heterocycles. The summed E-state index contributed by atoms with van der Waals surface area (Å²) in [5.41, 5.74) is 5.74. The molecule has 4 aromatic rings. The van der Waals surface area contributed by atoms with E-state index in [4.69, 9.17) is 0 Å². The number of rotatable bonds is 2. The van der Waals surface area contributed by atoms with Crippen molar-refractivity contribution in [3.05, 3.63) is 85.2 Å². The molecule has 3 aromatic carbocycles. The molecule has 0 N–H and O–H groups in total. The second-order valence-corrected chi connectivity index (χ2v) is 5.02. The highest BCUT2D eigenvalue weighted by Crippen LogP contribution is 2.22. The molecule has 0 bridgehead atoms. The zero-order valence-corrected chi connectivity index (χ0v) is 11.5. The molecule has 2 heteroatoms. The summed E-state index contributed by atoms with van der Waals surface area (Å²) >= 11 is 0. The Morgan fingerprint density at radius 3 is 2.10 bits per heavy atom. The van der Waals surface area contributed by atoms with Gasteiger partial charge in [-0.15, -0.1) is 0 Å². The lowest BCUT2D eigenvalue weighted by atomic mass is 10.1. The third kappa shape index (κ3) is 2.11. The van der Waals surface area contributed by atoms with Crippen LogP contribution in [0.1, 0.15) is 0 Å². The highest BCUT2D eigenvalue weighted by Gasteiger charge is 2.04. The minimum Gasteiger partial charge on any atom is -0.299 e.